The highest BCUT2D eigenvalue weighted by Crippen LogP contribution is 2.25. The molecule has 2 unspecified atom stereocenters. The number of nitrogens with one attached hydrogen (secondary N) is 1. The quantitative estimate of drug-likeness (QED) is 0.430. The van der Waals surface area contributed by atoms with Gasteiger partial charge in [0, 0.05) is 0 Å². The minimum atomic E-state index is -4.30. The Morgan fingerprint density at radius 1 is 1.52 bits per heavy atom. The molecule has 1 aromatic heterocycles. The van der Waals surface area contributed by atoms with Crippen LogP contribution in [0.3, 0.4) is 0 Å². The Morgan fingerprint density at radius 3 is 2.67 bits per heavy atom. The third-order valence-electron chi connectivity index (χ3n) is 2.99. The van der Waals surface area contributed by atoms with Crippen LogP contribution in [0.1, 0.15) is 6.92 Å². The molecule has 0 bridgehead atoms. The van der Waals surface area contributed by atoms with Gasteiger partial charge in [0.2, 0.25) is 0 Å². The van der Waals surface area contributed by atoms with E-state index in [0.29, 0.717) is 5.82 Å². The van der Waals surface area contributed by atoms with Crippen molar-refractivity contribution in [1.29, 1.82) is 0 Å². The first kappa shape index (κ1) is 16.0. The first-order valence-electron chi connectivity index (χ1n) is 5.84. The van der Waals surface area contributed by atoms with Crippen molar-refractivity contribution in [1.82, 2.24) is 15.4 Å². The fraction of sp³-hybridized carbons (Fsp3) is 0.400. The normalized spacial score (nSPS) is 23.5. The van der Waals surface area contributed by atoms with Crippen molar-refractivity contribution in [3.63, 3.8) is 0 Å². The van der Waals surface area contributed by atoms with Crippen molar-refractivity contribution in [3.8, 4) is 0 Å². The number of rotatable bonds is 4. The van der Waals surface area contributed by atoms with Crippen LogP contribution in [-0.4, -0.2) is 52.2 Å². The SMILES string of the molecule is CC1N(CC(=O)O)NC(S)N1c1ccc(S(=O)(=O)O)cn1. The van der Waals surface area contributed by atoms with Crippen LogP contribution in [0.25, 0.3) is 0 Å². The molecule has 11 heteroatoms. The molecule has 2 heterocycles. The summed E-state index contributed by atoms with van der Waals surface area (Å²) in [7, 11) is -4.30. The second-order valence-corrected chi connectivity index (χ2v) is 6.30. The molecule has 1 aromatic rings. The molecule has 1 saturated heterocycles. The van der Waals surface area contributed by atoms with E-state index in [1.165, 1.54) is 17.1 Å². The Bertz CT molecular complexity index is 635. The van der Waals surface area contributed by atoms with Crippen molar-refractivity contribution in [3.05, 3.63) is 18.3 Å². The topological polar surface area (TPSA) is 123 Å². The molecule has 0 spiro atoms. The van der Waals surface area contributed by atoms with Crippen LogP contribution >= 0.6 is 12.6 Å². The van der Waals surface area contributed by atoms with Gasteiger partial charge in [0.25, 0.3) is 10.1 Å². The lowest BCUT2D eigenvalue weighted by atomic mass is 10.4. The Labute approximate surface area is 126 Å². The van der Waals surface area contributed by atoms with Crippen LogP contribution in [0, 0.1) is 0 Å². The van der Waals surface area contributed by atoms with E-state index < -0.39 is 21.6 Å². The molecule has 0 aromatic carbocycles. The summed E-state index contributed by atoms with van der Waals surface area (Å²) in [5, 5.41) is 10.3. The van der Waals surface area contributed by atoms with Crippen LogP contribution in [0.5, 0.6) is 0 Å². The van der Waals surface area contributed by atoms with Crippen LogP contribution in [0.15, 0.2) is 23.2 Å². The third kappa shape index (κ3) is 3.44. The number of carboxylic acids is 1. The van der Waals surface area contributed by atoms with Gasteiger partial charge in [-0.2, -0.15) is 8.42 Å². The average Bonchev–Trinajstić information content (AvgIpc) is 2.63. The van der Waals surface area contributed by atoms with E-state index in [-0.39, 0.29) is 17.6 Å². The number of nitrogens with zero attached hydrogens (tertiary/aromatic N) is 3. The minimum Gasteiger partial charge on any atom is -0.480 e. The van der Waals surface area contributed by atoms with Crippen molar-refractivity contribution in [2.75, 3.05) is 11.4 Å². The zero-order valence-electron chi connectivity index (χ0n) is 10.9. The number of hydrazine groups is 1. The summed E-state index contributed by atoms with van der Waals surface area (Å²) in [6.45, 7) is 1.53. The van der Waals surface area contributed by atoms with Gasteiger partial charge in [0.05, 0.1) is 12.4 Å². The predicted molar refractivity (Wildman–Crippen MR) is 76.2 cm³/mol. The lowest BCUT2D eigenvalue weighted by Crippen LogP contribution is -2.42. The molecule has 116 valence electrons. The van der Waals surface area contributed by atoms with E-state index in [2.05, 4.69) is 23.0 Å². The molecule has 0 amide bonds. The zero-order valence-corrected chi connectivity index (χ0v) is 12.6. The molecular formula is C10H14N4O5S2. The standard InChI is InChI=1S/C10H14N4O5S2/c1-6-13(5-9(15)16)12-10(20)14(6)8-3-2-7(4-11-8)21(17,18)19/h2-4,6,10,12,20H,5H2,1H3,(H,15,16)(H,17,18,19). The van der Waals surface area contributed by atoms with Gasteiger partial charge in [-0.1, -0.05) is 0 Å². The molecule has 1 aliphatic heterocycles. The van der Waals surface area contributed by atoms with Gasteiger partial charge in [0.15, 0.2) is 0 Å². The summed E-state index contributed by atoms with van der Waals surface area (Å²) in [6.07, 6.45) is 0.672. The summed E-state index contributed by atoms with van der Waals surface area (Å²) in [5.41, 5.74) is 2.35. The van der Waals surface area contributed by atoms with Gasteiger partial charge >= 0.3 is 5.97 Å². The van der Waals surface area contributed by atoms with Gasteiger partial charge in [-0.15, -0.1) is 12.6 Å². The number of pyridine rings is 1. The Balaban J connectivity index is 2.23. The summed E-state index contributed by atoms with van der Waals surface area (Å²) in [4.78, 5) is 16.1. The number of carboxylic acid groups (broad SMARTS) is 1. The van der Waals surface area contributed by atoms with Crippen molar-refractivity contribution in [2.45, 2.75) is 23.5 Å². The van der Waals surface area contributed by atoms with Crippen molar-refractivity contribution < 1.29 is 22.9 Å². The second kappa shape index (κ2) is 5.77. The van der Waals surface area contributed by atoms with Crippen molar-refractivity contribution in [2.24, 2.45) is 0 Å². The predicted octanol–water partition coefficient (Wildman–Crippen LogP) is -0.401. The van der Waals surface area contributed by atoms with E-state index in [1.807, 2.05) is 0 Å². The molecule has 1 fully saturated rings. The van der Waals surface area contributed by atoms with E-state index in [4.69, 9.17) is 9.66 Å². The molecule has 2 atom stereocenters. The molecule has 0 aliphatic carbocycles. The molecule has 3 N–H and O–H groups in total. The lowest BCUT2D eigenvalue weighted by molar-refractivity contribution is -0.139. The first-order chi connectivity index (χ1) is 9.70. The number of carbonyl (C=O) groups is 1. The molecule has 2 rings (SSSR count). The Morgan fingerprint density at radius 2 is 2.19 bits per heavy atom. The molecular weight excluding hydrogens is 320 g/mol. The number of thiol groups is 1. The average molecular weight is 334 g/mol. The van der Waals surface area contributed by atoms with Crippen molar-refractivity contribution >= 4 is 34.5 Å². The number of aromatic nitrogens is 1. The highest BCUT2D eigenvalue weighted by atomic mass is 32.2. The van der Waals surface area contributed by atoms with Gasteiger partial charge in [-0.3, -0.25) is 9.35 Å². The summed E-state index contributed by atoms with van der Waals surface area (Å²) >= 11 is 4.30. The molecule has 9 nitrogen and oxygen atoms in total. The van der Waals surface area contributed by atoms with Gasteiger partial charge in [0.1, 0.15) is 22.8 Å². The number of aliphatic carboxylic acids is 1. The first-order valence-corrected chi connectivity index (χ1v) is 7.80. The highest BCUT2D eigenvalue weighted by molar-refractivity contribution is 7.85. The molecule has 1 aliphatic rings. The Kier molecular flexibility index (Phi) is 4.39. The van der Waals surface area contributed by atoms with Gasteiger partial charge < -0.3 is 10.0 Å². The fourth-order valence-corrected chi connectivity index (χ4v) is 2.88. The number of hydrogen-bond donors (Lipinski definition) is 4. The second-order valence-electron chi connectivity index (χ2n) is 4.39. The summed E-state index contributed by atoms with van der Waals surface area (Å²) in [6, 6.07) is 2.62. The molecule has 0 saturated carbocycles. The lowest BCUT2D eigenvalue weighted by Gasteiger charge is -2.26. The van der Waals surface area contributed by atoms with Crippen LogP contribution in [0.4, 0.5) is 5.82 Å². The van der Waals surface area contributed by atoms with Gasteiger partial charge in [-0.25, -0.2) is 15.4 Å². The van der Waals surface area contributed by atoms with Gasteiger partial charge in [-0.05, 0) is 19.1 Å². The Hall–Kier alpha value is -1.40. The van der Waals surface area contributed by atoms with E-state index in [1.54, 1.807) is 11.8 Å². The number of hydrogen-bond acceptors (Lipinski definition) is 8. The minimum absolute atomic E-state index is 0.224. The van der Waals surface area contributed by atoms with E-state index in [9.17, 15) is 13.2 Å². The molecule has 0 radical (unpaired) electrons. The maximum Gasteiger partial charge on any atom is 0.319 e. The van der Waals surface area contributed by atoms with Crippen LogP contribution in [-0.2, 0) is 14.9 Å². The smallest absolute Gasteiger partial charge is 0.319 e. The maximum atomic E-state index is 11.0. The largest absolute Gasteiger partial charge is 0.480 e. The third-order valence-corrected chi connectivity index (χ3v) is 4.19. The van der Waals surface area contributed by atoms with Crippen LogP contribution in [0.2, 0.25) is 0 Å². The van der Waals surface area contributed by atoms with Crippen LogP contribution < -0.4 is 10.3 Å². The number of anilines is 1. The van der Waals surface area contributed by atoms with E-state index >= 15 is 0 Å². The monoisotopic (exact) mass is 334 g/mol. The van der Waals surface area contributed by atoms with E-state index in [0.717, 1.165) is 6.20 Å². The fourth-order valence-electron chi connectivity index (χ4n) is 1.99. The summed E-state index contributed by atoms with van der Waals surface area (Å²) < 4.78 is 30.8. The summed E-state index contributed by atoms with van der Waals surface area (Å²) in [5.74, 6) is -0.596. The maximum absolute atomic E-state index is 11.0. The molecule has 21 heavy (non-hydrogen) atoms. The highest BCUT2D eigenvalue weighted by Gasteiger charge is 2.36. The zero-order chi connectivity index (χ0) is 15.8.